The third-order valence-electron chi connectivity index (χ3n) is 4.29. The van der Waals surface area contributed by atoms with E-state index >= 15 is 0 Å². The van der Waals surface area contributed by atoms with E-state index in [9.17, 15) is 0 Å². The molecule has 1 N–H and O–H groups in total. The van der Waals surface area contributed by atoms with E-state index in [1.165, 1.54) is 0 Å². The molecular weight excluding hydrogens is 376 g/mol. The van der Waals surface area contributed by atoms with Gasteiger partial charge in [0.2, 0.25) is 0 Å². The van der Waals surface area contributed by atoms with Crippen LogP contribution in [0.2, 0.25) is 0 Å². The summed E-state index contributed by atoms with van der Waals surface area (Å²) in [6.45, 7) is 0.211. The molecule has 0 fully saturated rings. The van der Waals surface area contributed by atoms with Crippen LogP contribution in [-0.2, 0) is 6.61 Å². The Morgan fingerprint density at radius 1 is 1.04 bits per heavy atom. The molecule has 8 heteroatoms. The number of para-hydroxylation sites is 1. The molecule has 2 aromatic carbocycles. The zero-order valence-corrected chi connectivity index (χ0v) is 16.2. The van der Waals surface area contributed by atoms with Crippen molar-refractivity contribution >= 4 is 23.1 Å². The Hall–Kier alpha value is -3.39. The maximum Gasteiger partial charge on any atom is 0.199 e. The minimum atomic E-state index is 0.211. The maximum atomic E-state index is 6.02. The number of benzene rings is 2. The standard InChI is InChI=1S/C20H18N4O3S/c1-25-15-9-14(10-16(11-15)26-2)24-18(22-23-20(24)28)12-27-17-7-3-5-13-6-4-8-21-19(13)17/h3-11H,12H2,1-2H3,(H,23,28). The van der Waals surface area contributed by atoms with Crippen LogP contribution in [0.3, 0.4) is 0 Å². The number of H-pyrrole nitrogens is 1. The predicted molar refractivity (Wildman–Crippen MR) is 108 cm³/mol. The summed E-state index contributed by atoms with van der Waals surface area (Å²) < 4.78 is 19.0. The van der Waals surface area contributed by atoms with Crippen molar-refractivity contribution in [3.63, 3.8) is 0 Å². The molecule has 2 heterocycles. The number of ether oxygens (including phenoxy) is 3. The Bertz CT molecular complexity index is 1160. The Balaban J connectivity index is 1.69. The number of fused-ring (bicyclic) bond motifs is 1. The number of hydrogen-bond donors (Lipinski definition) is 1. The molecule has 7 nitrogen and oxygen atoms in total. The molecule has 4 rings (SSSR count). The lowest BCUT2D eigenvalue weighted by atomic mass is 10.2. The summed E-state index contributed by atoms with van der Waals surface area (Å²) >= 11 is 5.42. The number of aromatic nitrogens is 4. The van der Waals surface area contributed by atoms with Gasteiger partial charge in [0, 0.05) is 29.8 Å². The summed E-state index contributed by atoms with van der Waals surface area (Å²) in [4.78, 5) is 4.41. The quantitative estimate of drug-likeness (QED) is 0.497. The van der Waals surface area contributed by atoms with E-state index in [0.29, 0.717) is 27.8 Å². The predicted octanol–water partition coefficient (Wildman–Crippen LogP) is 4.07. The van der Waals surface area contributed by atoms with Gasteiger partial charge in [0.25, 0.3) is 0 Å². The molecule has 0 aliphatic carbocycles. The van der Waals surface area contributed by atoms with Gasteiger partial charge in [0.15, 0.2) is 10.6 Å². The summed E-state index contributed by atoms with van der Waals surface area (Å²) in [5.74, 6) is 2.61. The number of pyridine rings is 1. The summed E-state index contributed by atoms with van der Waals surface area (Å²) in [6, 6.07) is 15.2. The number of hydrogen-bond acceptors (Lipinski definition) is 6. The molecule has 142 valence electrons. The zero-order chi connectivity index (χ0) is 19.5. The van der Waals surface area contributed by atoms with Gasteiger partial charge < -0.3 is 14.2 Å². The summed E-state index contributed by atoms with van der Waals surface area (Å²) in [5.41, 5.74) is 1.57. The fourth-order valence-corrected chi connectivity index (χ4v) is 3.21. The van der Waals surface area contributed by atoms with Gasteiger partial charge >= 0.3 is 0 Å². The van der Waals surface area contributed by atoms with Crippen molar-refractivity contribution in [3.05, 3.63) is 65.3 Å². The van der Waals surface area contributed by atoms with Gasteiger partial charge in [-0.15, -0.1) is 0 Å². The Labute approximate surface area is 166 Å². The van der Waals surface area contributed by atoms with Crippen molar-refractivity contribution in [2.24, 2.45) is 0 Å². The van der Waals surface area contributed by atoms with Crippen LogP contribution in [0.1, 0.15) is 5.82 Å². The van der Waals surface area contributed by atoms with E-state index in [0.717, 1.165) is 16.6 Å². The fourth-order valence-electron chi connectivity index (χ4n) is 2.95. The van der Waals surface area contributed by atoms with Gasteiger partial charge in [-0.2, -0.15) is 5.10 Å². The minimum absolute atomic E-state index is 0.211. The van der Waals surface area contributed by atoms with Crippen molar-refractivity contribution in [2.75, 3.05) is 14.2 Å². The van der Waals surface area contributed by atoms with Gasteiger partial charge in [-0.3, -0.25) is 14.6 Å². The Morgan fingerprint density at radius 3 is 2.54 bits per heavy atom. The van der Waals surface area contributed by atoms with E-state index in [1.54, 1.807) is 31.0 Å². The highest BCUT2D eigenvalue weighted by Crippen LogP contribution is 2.27. The fraction of sp³-hybridized carbons (Fsp3) is 0.150. The first-order valence-electron chi connectivity index (χ1n) is 8.56. The average molecular weight is 394 g/mol. The topological polar surface area (TPSA) is 74.2 Å². The highest BCUT2D eigenvalue weighted by atomic mass is 32.1. The molecule has 0 unspecified atom stereocenters. The van der Waals surface area contributed by atoms with E-state index in [-0.39, 0.29) is 6.61 Å². The van der Waals surface area contributed by atoms with Crippen molar-refractivity contribution in [1.82, 2.24) is 19.7 Å². The van der Waals surface area contributed by atoms with Gasteiger partial charge in [-0.1, -0.05) is 18.2 Å². The molecular formula is C20H18N4O3S. The monoisotopic (exact) mass is 394 g/mol. The Kier molecular flexibility index (Phi) is 4.94. The highest BCUT2D eigenvalue weighted by Gasteiger charge is 2.13. The molecule has 0 atom stereocenters. The van der Waals surface area contributed by atoms with Crippen LogP contribution in [0.4, 0.5) is 0 Å². The van der Waals surface area contributed by atoms with Gasteiger partial charge in [-0.25, -0.2) is 0 Å². The molecule has 0 saturated heterocycles. The average Bonchev–Trinajstić information content (AvgIpc) is 3.12. The first-order chi connectivity index (χ1) is 13.7. The lowest BCUT2D eigenvalue weighted by molar-refractivity contribution is 0.296. The van der Waals surface area contributed by atoms with Crippen LogP contribution in [0, 0.1) is 4.77 Å². The lowest BCUT2D eigenvalue weighted by Gasteiger charge is -2.12. The van der Waals surface area contributed by atoms with Crippen molar-refractivity contribution < 1.29 is 14.2 Å². The molecule has 0 saturated carbocycles. The second-order valence-electron chi connectivity index (χ2n) is 5.97. The molecule has 0 amide bonds. The molecule has 28 heavy (non-hydrogen) atoms. The molecule has 0 radical (unpaired) electrons. The van der Waals surface area contributed by atoms with E-state index in [2.05, 4.69) is 15.2 Å². The summed E-state index contributed by atoms with van der Waals surface area (Å²) in [5, 5.41) is 8.15. The second kappa shape index (κ2) is 7.69. The van der Waals surface area contributed by atoms with Crippen LogP contribution in [-0.4, -0.2) is 34.0 Å². The molecule has 0 aliphatic rings. The molecule has 4 aromatic rings. The zero-order valence-electron chi connectivity index (χ0n) is 15.4. The number of nitrogens with zero attached hydrogens (tertiary/aromatic N) is 3. The third kappa shape index (κ3) is 3.41. The van der Waals surface area contributed by atoms with Crippen LogP contribution in [0.5, 0.6) is 17.2 Å². The number of methoxy groups -OCH3 is 2. The third-order valence-corrected chi connectivity index (χ3v) is 4.56. The van der Waals surface area contributed by atoms with Crippen molar-refractivity contribution in [3.8, 4) is 22.9 Å². The van der Waals surface area contributed by atoms with Crippen LogP contribution in [0.15, 0.2) is 54.7 Å². The van der Waals surface area contributed by atoms with E-state index < -0.39 is 0 Å². The van der Waals surface area contributed by atoms with Gasteiger partial charge in [-0.05, 0) is 24.4 Å². The summed E-state index contributed by atoms with van der Waals surface area (Å²) in [7, 11) is 3.20. The van der Waals surface area contributed by atoms with E-state index in [1.807, 2.05) is 42.5 Å². The van der Waals surface area contributed by atoms with Gasteiger partial charge in [0.1, 0.15) is 29.4 Å². The smallest absolute Gasteiger partial charge is 0.199 e. The van der Waals surface area contributed by atoms with Gasteiger partial charge in [0.05, 0.1) is 19.9 Å². The largest absolute Gasteiger partial charge is 0.497 e. The molecule has 0 bridgehead atoms. The SMILES string of the molecule is COc1cc(OC)cc(-n2c(COc3cccc4cccnc34)n[nH]c2=S)c1. The first-order valence-corrected chi connectivity index (χ1v) is 8.96. The molecule has 0 aliphatic heterocycles. The van der Waals surface area contributed by atoms with Crippen molar-refractivity contribution in [2.45, 2.75) is 6.61 Å². The van der Waals surface area contributed by atoms with Crippen LogP contribution in [0.25, 0.3) is 16.6 Å². The number of aromatic amines is 1. The van der Waals surface area contributed by atoms with Crippen LogP contribution >= 0.6 is 12.2 Å². The number of nitrogens with one attached hydrogen (secondary N) is 1. The second-order valence-corrected chi connectivity index (χ2v) is 6.36. The first kappa shape index (κ1) is 18.0. The summed E-state index contributed by atoms with van der Waals surface area (Å²) in [6.07, 6.45) is 1.74. The minimum Gasteiger partial charge on any atom is -0.497 e. The van der Waals surface area contributed by atoms with E-state index in [4.69, 9.17) is 26.4 Å². The van der Waals surface area contributed by atoms with Crippen LogP contribution < -0.4 is 14.2 Å². The molecule has 2 aromatic heterocycles. The lowest BCUT2D eigenvalue weighted by Crippen LogP contribution is -2.06. The Morgan fingerprint density at radius 2 is 1.79 bits per heavy atom. The highest BCUT2D eigenvalue weighted by molar-refractivity contribution is 7.71. The maximum absolute atomic E-state index is 6.02. The normalized spacial score (nSPS) is 10.8. The molecule has 0 spiro atoms. The number of rotatable bonds is 6. The van der Waals surface area contributed by atoms with Crippen molar-refractivity contribution in [1.29, 1.82) is 0 Å².